The van der Waals surface area contributed by atoms with E-state index in [9.17, 15) is 4.79 Å². The maximum Gasteiger partial charge on any atom is 0.221 e. The average Bonchev–Trinajstić information content (AvgIpc) is 3.09. The van der Waals surface area contributed by atoms with E-state index in [4.69, 9.17) is 9.47 Å². The van der Waals surface area contributed by atoms with E-state index in [1.165, 1.54) is 0 Å². The van der Waals surface area contributed by atoms with Gasteiger partial charge in [0, 0.05) is 45.8 Å². The van der Waals surface area contributed by atoms with Crippen LogP contribution in [-0.4, -0.2) is 64.0 Å². The van der Waals surface area contributed by atoms with Crippen LogP contribution in [0.3, 0.4) is 0 Å². The van der Waals surface area contributed by atoms with E-state index in [0.29, 0.717) is 32.7 Å². The monoisotopic (exact) mass is 470 g/mol. The molecule has 1 rings (SSSR count). The van der Waals surface area contributed by atoms with Gasteiger partial charge < -0.3 is 25.4 Å². The normalized spacial score (nSPS) is 17.0. The molecule has 1 unspecified atom stereocenters. The highest BCUT2D eigenvalue weighted by Gasteiger charge is 2.14. The topological polar surface area (TPSA) is 84.0 Å². The van der Waals surface area contributed by atoms with Crippen molar-refractivity contribution in [2.24, 2.45) is 4.99 Å². The van der Waals surface area contributed by atoms with E-state index >= 15 is 0 Å². The SMILES string of the molecule is CCCNC(=O)CCNC(=NCCCOCC1CCCO1)NCC.I. The first-order valence-corrected chi connectivity index (χ1v) is 9.24. The molecule has 0 aromatic rings. The summed E-state index contributed by atoms with van der Waals surface area (Å²) >= 11 is 0. The number of nitrogens with one attached hydrogen (secondary N) is 3. The first-order chi connectivity index (χ1) is 11.8. The van der Waals surface area contributed by atoms with Gasteiger partial charge in [-0.15, -0.1) is 24.0 Å². The predicted molar refractivity (Wildman–Crippen MR) is 112 cm³/mol. The first-order valence-electron chi connectivity index (χ1n) is 9.24. The quantitative estimate of drug-likeness (QED) is 0.175. The molecule has 1 aliphatic rings. The van der Waals surface area contributed by atoms with Gasteiger partial charge in [0.05, 0.1) is 12.7 Å². The summed E-state index contributed by atoms with van der Waals surface area (Å²) in [6, 6.07) is 0. The molecule has 0 aromatic heterocycles. The van der Waals surface area contributed by atoms with Gasteiger partial charge in [0.1, 0.15) is 0 Å². The average molecular weight is 470 g/mol. The third-order valence-electron chi connectivity index (χ3n) is 3.61. The van der Waals surface area contributed by atoms with Gasteiger partial charge in [-0.1, -0.05) is 6.92 Å². The fourth-order valence-electron chi connectivity index (χ4n) is 2.34. The molecule has 0 bridgehead atoms. The fraction of sp³-hybridized carbons (Fsp3) is 0.882. The number of guanidine groups is 1. The molecule has 3 N–H and O–H groups in total. The Kier molecular flexibility index (Phi) is 16.4. The van der Waals surface area contributed by atoms with Crippen LogP contribution in [0.1, 0.15) is 46.0 Å². The molecule has 7 nitrogen and oxygen atoms in total. The Hall–Kier alpha value is -0.610. The van der Waals surface area contributed by atoms with Crippen LogP contribution in [-0.2, 0) is 14.3 Å². The second-order valence-corrected chi connectivity index (χ2v) is 5.85. The number of rotatable bonds is 12. The minimum absolute atomic E-state index is 0. The number of hydrogen-bond acceptors (Lipinski definition) is 4. The number of amides is 1. The molecule has 1 fully saturated rings. The predicted octanol–water partition coefficient (Wildman–Crippen LogP) is 1.66. The van der Waals surface area contributed by atoms with Crippen molar-refractivity contribution >= 4 is 35.8 Å². The molecule has 1 heterocycles. The largest absolute Gasteiger partial charge is 0.379 e. The molecule has 0 spiro atoms. The van der Waals surface area contributed by atoms with Gasteiger partial charge >= 0.3 is 0 Å². The summed E-state index contributed by atoms with van der Waals surface area (Å²) in [5, 5.41) is 9.22. The molecule has 0 saturated carbocycles. The molecule has 0 radical (unpaired) electrons. The minimum Gasteiger partial charge on any atom is -0.379 e. The van der Waals surface area contributed by atoms with Crippen LogP contribution in [0.25, 0.3) is 0 Å². The molecule has 1 amide bonds. The zero-order valence-electron chi connectivity index (χ0n) is 15.6. The Morgan fingerprint density at radius 1 is 1.24 bits per heavy atom. The van der Waals surface area contributed by atoms with Crippen molar-refractivity contribution in [2.45, 2.75) is 52.1 Å². The van der Waals surface area contributed by atoms with Gasteiger partial charge in [0.25, 0.3) is 0 Å². The molecule has 0 aliphatic carbocycles. The number of hydrogen-bond donors (Lipinski definition) is 3. The number of ether oxygens (including phenoxy) is 2. The summed E-state index contributed by atoms with van der Waals surface area (Å²) in [5.41, 5.74) is 0. The van der Waals surface area contributed by atoms with Crippen molar-refractivity contribution in [1.82, 2.24) is 16.0 Å². The van der Waals surface area contributed by atoms with E-state index < -0.39 is 0 Å². The van der Waals surface area contributed by atoms with E-state index in [0.717, 1.165) is 51.3 Å². The van der Waals surface area contributed by atoms with Crippen molar-refractivity contribution < 1.29 is 14.3 Å². The molecule has 1 aliphatic heterocycles. The molecule has 25 heavy (non-hydrogen) atoms. The summed E-state index contributed by atoms with van der Waals surface area (Å²) < 4.78 is 11.1. The van der Waals surface area contributed by atoms with Gasteiger partial charge in [0.2, 0.25) is 5.91 Å². The molecule has 1 atom stereocenters. The number of nitrogens with zero attached hydrogens (tertiary/aromatic N) is 1. The van der Waals surface area contributed by atoms with Crippen LogP contribution in [0, 0.1) is 0 Å². The van der Waals surface area contributed by atoms with Crippen molar-refractivity contribution in [3.8, 4) is 0 Å². The van der Waals surface area contributed by atoms with E-state index in [1.807, 2.05) is 13.8 Å². The van der Waals surface area contributed by atoms with Crippen LogP contribution < -0.4 is 16.0 Å². The highest BCUT2D eigenvalue weighted by molar-refractivity contribution is 14.0. The standard InChI is InChI=1S/C17H34N4O3.HI/c1-3-9-19-16(22)8-11-21-17(18-4-2)20-10-6-12-23-14-15-7-5-13-24-15;/h15H,3-14H2,1-2H3,(H,19,22)(H2,18,20,21);1H. The molecule has 0 aromatic carbocycles. The fourth-order valence-corrected chi connectivity index (χ4v) is 2.34. The zero-order valence-corrected chi connectivity index (χ0v) is 18.0. The second kappa shape index (κ2) is 16.8. The van der Waals surface area contributed by atoms with Crippen LogP contribution in [0.15, 0.2) is 4.99 Å². The highest BCUT2D eigenvalue weighted by atomic mass is 127. The lowest BCUT2D eigenvalue weighted by Gasteiger charge is -2.12. The minimum atomic E-state index is 0. The Morgan fingerprint density at radius 3 is 2.76 bits per heavy atom. The summed E-state index contributed by atoms with van der Waals surface area (Å²) in [4.78, 5) is 16.0. The summed E-state index contributed by atoms with van der Waals surface area (Å²) in [7, 11) is 0. The molecular weight excluding hydrogens is 435 g/mol. The van der Waals surface area contributed by atoms with Crippen LogP contribution in [0.4, 0.5) is 0 Å². The van der Waals surface area contributed by atoms with E-state index in [2.05, 4.69) is 20.9 Å². The third-order valence-corrected chi connectivity index (χ3v) is 3.61. The Bertz CT molecular complexity index is 364. The number of carbonyl (C=O) groups is 1. The van der Waals surface area contributed by atoms with Gasteiger partial charge in [-0.3, -0.25) is 9.79 Å². The van der Waals surface area contributed by atoms with Crippen molar-refractivity contribution in [3.63, 3.8) is 0 Å². The lowest BCUT2D eigenvalue weighted by molar-refractivity contribution is -0.120. The molecule has 8 heteroatoms. The van der Waals surface area contributed by atoms with Crippen LogP contribution >= 0.6 is 24.0 Å². The van der Waals surface area contributed by atoms with Gasteiger partial charge in [0.15, 0.2) is 5.96 Å². The Labute approximate surface area is 169 Å². The third kappa shape index (κ3) is 13.3. The lowest BCUT2D eigenvalue weighted by Crippen LogP contribution is -2.39. The number of carbonyl (C=O) groups excluding carboxylic acids is 1. The maximum atomic E-state index is 11.5. The van der Waals surface area contributed by atoms with Gasteiger partial charge in [-0.05, 0) is 32.6 Å². The molecule has 148 valence electrons. The summed E-state index contributed by atoms with van der Waals surface area (Å²) in [6.07, 6.45) is 4.82. The Morgan fingerprint density at radius 2 is 2.08 bits per heavy atom. The number of halogens is 1. The van der Waals surface area contributed by atoms with E-state index in [1.54, 1.807) is 0 Å². The summed E-state index contributed by atoms with van der Waals surface area (Å²) in [6.45, 7) is 9.13. The second-order valence-electron chi connectivity index (χ2n) is 5.85. The zero-order chi connectivity index (χ0) is 17.5. The highest BCUT2D eigenvalue weighted by Crippen LogP contribution is 2.11. The van der Waals surface area contributed by atoms with Crippen molar-refractivity contribution in [3.05, 3.63) is 0 Å². The lowest BCUT2D eigenvalue weighted by atomic mass is 10.2. The van der Waals surface area contributed by atoms with Crippen molar-refractivity contribution in [2.75, 3.05) is 46.0 Å². The first kappa shape index (κ1) is 24.4. The van der Waals surface area contributed by atoms with Gasteiger partial charge in [-0.25, -0.2) is 0 Å². The van der Waals surface area contributed by atoms with E-state index in [-0.39, 0.29) is 36.0 Å². The maximum absolute atomic E-state index is 11.5. The smallest absolute Gasteiger partial charge is 0.221 e. The van der Waals surface area contributed by atoms with Crippen molar-refractivity contribution in [1.29, 1.82) is 0 Å². The molecular formula is C17H35IN4O3. The molecule has 1 saturated heterocycles. The Balaban J connectivity index is 0.00000576. The van der Waals surface area contributed by atoms with Gasteiger partial charge in [-0.2, -0.15) is 0 Å². The number of aliphatic imine (C=N–C) groups is 1. The van der Waals surface area contributed by atoms with Crippen LogP contribution in [0.5, 0.6) is 0 Å². The van der Waals surface area contributed by atoms with Crippen LogP contribution in [0.2, 0.25) is 0 Å². The summed E-state index contributed by atoms with van der Waals surface area (Å²) in [5.74, 6) is 0.822.